The average Bonchev–Trinajstić information content (AvgIpc) is 2.61. The summed E-state index contributed by atoms with van der Waals surface area (Å²) in [6.07, 6.45) is 7.37. The molecular formula is C11H21N. The first-order valence-corrected chi connectivity index (χ1v) is 5.48. The molecule has 0 radical (unpaired) electrons. The van der Waals surface area contributed by atoms with Crippen LogP contribution in [0.4, 0.5) is 0 Å². The van der Waals surface area contributed by atoms with Crippen molar-refractivity contribution in [3.8, 4) is 0 Å². The molecule has 0 aromatic heterocycles. The summed E-state index contributed by atoms with van der Waals surface area (Å²) >= 11 is 0. The van der Waals surface area contributed by atoms with Gasteiger partial charge in [0, 0.05) is 6.04 Å². The molecule has 1 heterocycles. The first-order valence-electron chi connectivity index (χ1n) is 5.48. The fraction of sp³-hybridized carbons (Fsp3) is 1.00. The Morgan fingerprint density at radius 2 is 1.83 bits per heavy atom. The molecule has 1 nitrogen and oxygen atoms in total. The minimum atomic E-state index is 0.716. The van der Waals surface area contributed by atoms with Gasteiger partial charge in [-0.1, -0.05) is 26.7 Å². The van der Waals surface area contributed by atoms with E-state index in [9.17, 15) is 0 Å². The van der Waals surface area contributed by atoms with Gasteiger partial charge in [0.2, 0.25) is 0 Å². The van der Waals surface area contributed by atoms with E-state index >= 15 is 0 Å². The van der Waals surface area contributed by atoms with Gasteiger partial charge in [0.1, 0.15) is 0 Å². The van der Waals surface area contributed by atoms with Crippen LogP contribution >= 0.6 is 0 Å². The van der Waals surface area contributed by atoms with Crippen LogP contribution in [0, 0.1) is 11.3 Å². The van der Waals surface area contributed by atoms with Crippen LogP contribution in [0.25, 0.3) is 0 Å². The molecule has 1 aliphatic carbocycles. The normalized spacial score (nSPS) is 33.8. The fourth-order valence-corrected chi connectivity index (χ4v) is 3.43. The van der Waals surface area contributed by atoms with E-state index in [-0.39, 0.29) is 0 Å². The summed E-state index contributed by atoms with van der Waals surface area (Å²) in [6, 6.07) is 0.819. The van der Waals surface area contributed by atoms with E-state index in [1.165, 1.54) is 38.6 Å². The Balaban J connectivity index is 2.12. The lowest BCUT2D eigenvalue weighted by Crippen LogP contribution is -2.39. The largest absolute Gasteiger partial charge is 0.313 e. The van der Waals surface area contributed by atoms with Crippen molar-refractivity contribution in [2.75, 3.05) is 6.54 Å². The van der Waals surface area contributed by atoms with E-state index < -0.39 is 0 Å². The topological polar surface area (TPSA) is 12.0 Å². The van der Waals surface area contributed by atoms with Crippen molar-refractivity contribution in [2.45, 2.75) is 52.0 Å². The minimum Gasteiger partial charge on any atom is -0.313 e. The maximum Gasteiger partial charge on any atom is 0.0147 e. The molecule has 1 N–H and O–H groups in total. The average molecular weight is 167 g/mol. The maximum atomic E-state index is 3.69. The van der Waals surface area contributed by atoms with Crippen molar-refractivity contribution in [3.05, 3.63) is 0 Å². The van der Waals surface area contributed by atoms with Crippen LogP contribution in [0.2, 0.25) is 0 Å². The van der Waals surface area contributed by atoms with E-state index in [1.807, 2.05) is 0 Å². The van der Waals surface area contributed by atoms with Crippen LogP contribution in [0.3, 0.4) is 0 Å². The van der Waals surface area contributed by atoms with E-state index in [0.29, 0.717) is 5.41 Å². The van der Waals surface area contributed by atoms with Crippen LogP contribution in [-0.4, -0.2) is 12.6 Å². The summed E-state index contributed by atoms with van der Waals surface area (Å²) < 4.78 is 0. The van der Waals surface area contributed by atoms with Crippen LogP contribution in [0.15, 0.2) is 0 Å². The van der Waals surface area contributed by atoms with Gasteiger partial charge in [0.15, 0.2) is 0 Å². The number of rotatable bonds is 1. The fourth-order valence-electron chi connectivity index (χ4n) is 3.43. The Hall–Kier alpha value is -0.0400. The zero-order valence-corrected chi connectivity index (χ0v) is 8.40. The predicted octanol–water partition coefficient (Wildman–Crippen LogP) is 2.56. The first-order chi connectivity index (χ1) is 5.75. The Bertz CT molecular complexity index is 151. The standard InChI is InChI=1S/C11H21N/c1-9(2)10-11(7-8-12-10)5-3-4-6-11/h9-10,12H,3-8H2,1-2H3. The number of hydrogen-bond acceptors (Lipinski definition) is 1. The molecule has 1 atom stereocenters. The second-order valence-electron chi connectivity index (χ2n) is 5.00. The van der Waals surface area contributed by atoms with Gasteiger partial charge in [-0.05, 0) is 37.1 Å². The molecule has 2 aliphatic rings. The van der Waals surface area contributed by atoms with Gasteiger partial charge in [-0.2, -0.15) is 0 Å². The molecule has 0 bridgehead atoms. The van der Waals surface area contributed by atoms with Crippen LogP contribution in [-0.2, 0) is 0 Å². The monoisotopic (exact) mass is 167 g/mol. The third-order valence-corrected chi connectivity index (χ3v) is 3.91. The molecule has 1 heteroatoms. The molecule has 2 fully saturated rings. The maximum absolute atomic E-state index is 3.69. The van der Waals surface area contributed by atoms with E-state index in [4.69, 9.17) is 0 Å². The van der Waals surface area contributed by atoms with Crippen LogP contribution in [0.1, 0.15) is 46.0 Å². The second kappa shape index (κ2) is 3.02. The van der Waals surface area contributed by atoms with Gasteiger partial charge < -0.3 is 5.32 Å². The molecule has 1 spiro atoms. The summed E-state index contributed by atoms with van der Waals surface area (Å²) in [5, 5.41) is 3.69. The zero-order valence-electron chi connectivity index (χ0n) is 8.40. The van der Waals surface area contributed by atoms with E-state index in [2.05, 4.69) is 19.2 Å². The van der Waals surface area contributed by atoms with Gasteiger partial charge >= 0.3 is 0 Å². The van der Waals surface area contributed by atoms with Gasteiger partial charge in [-0.25, -0.2) is 0 Å². The van der Waals surface area contributed by atoms with Gasteiger partial charge in [-0.3, -0.25) is 0 Å². The van der Waals surface area contributed by atoms with Crippen LogP contribution < -0.4 is 5.32 Å². The highest BCUT2D eigenvalue weighted by Gasteiger charge is 2.45. The molecule has 0 amide bonds. The highest BCUT2D eigenvalue weighted by Crippen LogP contribution is 2.48. The van der Waals surface area contributed by atoms with Crippen molar-refractivity contribution in [1.29, 1.82) is 0 Å². The number of hydrogen-bond donors (Lipinski definition) is 1. The predicted molar refractivity (Wildman–Crippen MR) is 52.1 cm³/mol. The number of nitrogens with one attached hydrogen (secondary N) is 1. The summed E-state index contributed by atoms with van der Waals surface area (Å²) in [7, 11) is 0. The van der Waals surface area contributed by atoms with Crippen molar-refractivity contribution in [2.24, 2.45) is 11.3 Å². The van der Waals surface area contributed by atoms with Gasteiger partial charge in [0.25, 0.3) is 0 Å². The second-order valence-corrected chi connectivity index (χ2v) is 5.00. The molecule has 0 aromatic carbocycles. The summed E-state index contributed by atoms with van der Waals surface area (Å²) in [4.78, 5) is 0. The Labute approximate surface area is 75.9 Å². The summed E-state index contributed by atoms with van der Waals surface area (Å²) in [5.41, 5.74) is 0.716. The lowest BCUT2D eigenvalue weighted by atomic mass is 9.74. The quantitative estimate of drug-likeness (QED) is 0.633. The molecule has 1 aliphatic heterocycles. The van der Waals surface area contributed by atoms with Crippen molar-refractivity contribution < 1.29 is 0 Å². The molecule has 1 saturated carbocycles. The van der Waals surface area contributed by atoms with Crippen molar-refractivity contribution in [3.63, 3.8) is 0 Å². The smallest absolute Gasteiger partial charge is 0.0147 e. The molecular weight excluding hydrogens is 146 g/mol. The highest BCUT2D eigenvalue weighted by atomic mass is 15.0. The lowest BCUT2D eigenvalue weighted by Gasteiger charge is -2.33. The highest BCUT2D eigenvalue weighted by molar-refractivity contribution is 5.00. The van der Waals surface area contributed by atoms with Gasteiger partial charge in [0.05, 0.1) is 0 Å². The molecule has 70 valence electrons. The van der Waals surface area contributed by atoms with Crippen molar-refractivity contribution >= 4 is 0 Å². The molecule has 2 rings (SSSR count). The Morgan fingerprint density at radius 1 is 1.17 bits per heavy atom. The SMILES string of the molecule is CC(C)C1NCCC12CCCC2. The Morgan fingerprint density at radius 3 is 2.42 bits per heavy atom. The Kier molecular flexibility index (Phi) is 2.16. The lowest BCUT2D eigenvalue weighted by molar-refractivity contribution is 0.209. The first kappa shape index (κ1) is 8.55. The molecule has 1 unspecified atom stereocenters. The van der Waals surface area contributed by atoms with E-state index in [0.717, 1.165) is 12.0 Å². The summed E-state index contributed by atoms with van der Waals surface area (Å²) in [5.74, 6) is 0.825. The molecule has 12 heavy (non-hydrogen) atoms. The third-order valence-electron chi connectivity index (χ3n) is 3.91. The van der Waals surface area contributed by atoms with E-state index in [1.54, 1.807) is 0 Å². The summed E-state index contributed by atoms with van der Waals surface area (Å²) in [6.45, 7) is 6.00. The zero-order chi connectivity index (χ0) is 8.60. The third kappa shape index (κ3) is 1.19. The van der Waals surface area contributed by atoms with Crippen molar-refractivity contribution in [1.82, 2.24) is 5.32 Å². The molecule has 1 saturated heterocycles. The minimum absolute atomic E-state index is 0.716. The van der Waals surface area contributed by atoms with Crippen LogP contribution in [0.5, 0.6) is 0 Å². The molecule has 0 aromatic rings. The van der Waals surface area contributed by atoms with Gasteiger partial charge in [-0.15, -0.1) is 0 Å².